The largest absolute Gasteiger partial charge is 0.478 e. The van der Waals surface area contributed by atoms with Crippen LogP contribution >= 0.6 is 11.6 Å². The van der Waals surface area contributed by atoms with Gasteiger partial charge in [0.2, 0.25) is 0 Å². The predicted molar refractivity (Wildman–Crippen MR) is 72.4 cm³/mol. The molecule has 1 aromatic heterocycles. The topological polar surface area (TPSA) is 101 Å². The molecule has 106 valence electrons. The Hall–Kier alpha value is -2.06. The second kappa shape index (κ2) is 5.14. The molecule has 0 fully saturated rings. The van der Waals surface area contributed by atoms with E-state index in [-0.39, 0.29) is 21.3 Å². The standard InChI is InChI=1S/C11H10ClN3O4S/c1-15-10(4-5-13-15)20(18,19)14-7-2-3-9(12)8(6-7)11(16)17/h2-6,14H,1H3,(H,16,17). The van der Waals surface area contributed by atoms with Crippen molar-refractivity contribution in [2.24, 2.45) is 7.05 Å². The zero-order chi connectivity index (χ0) is 14.9. The van der Waals surface area contributed by atoms with Gasteiger partial charge in [-0.2, -0.15) is 13.5 Å². The van der Waals surface area contributed by atoms with Crippen LogP contribution < -0.4 is 4.72 Å². The van der Waals surface area contributed by atoms with Crippen molar-refractivity contribution in [2.75, 3.05) is 4.72 Å². The molecular weight excluding hydrogens is 306 g/mol. The summed E-state index contributed by atoms with van der Waals surface area (Å²) in [7, 11) is -2.36. The molecule has 2 N–H and O–H groups in total. The van der Waals surface area contributed by atoms with Crippen LogP contribution in [0.5, 0.6) is 0 Å². The summed E-state index contributed by atoms with van der Waals surface area (Å²) in [5.41, 5.74) is -0.0788. The Morgan fingerprint density at radius 3 is 2.65 bits per heavy atom. The van der Waals surface area contributed by atoms with Gasteiger partial charge in [-0.3, -0.25) is 9.40 Å². The van der Waals surface area contributed by atoms with E-state index in [4.69, 9.17) is 16.7 Å². The molecule has 2 rings (SSSR count). The Labute approximate surface area is 119 Å². The molecule has 0 aliphatic carbocycles. The summed E-state index contributed by atoms with van der Waals surface area (Å²) in [6.45, 7) is 0. The summed E-state index contributed by atoms with van der Waals surface area (Å²) in [5, 5.41) is 12.7. The second-order valence-corrected chi connectivity index (χ2v) is 5.93. The smallest absolute Gasteiger partial charge is 0.337 e. The van der Waals surface area contributed by atoms with E-state index < -0.39 is 16.0 Å². The van der Waals surface area contributed by atoms with Gasteiger partial charge in [0, 0.05) is 12.7 Å². The number of anilines is 1. The number of carbonyl (C=O) groups is 1. The van der Waals surface area contributed by atoms with Gasteiger partial charge in [0.1, 0.15) is 0 Å². The fraction of sp³-hybridized carbons (Fsp3) is 0.0909. The normalized spacial score (nSPS) is 11.3. The number of carboxylic acid groups (broad SMARTS) is 1. The highest BCUT2D eigenvalue weighted by atomic mass is 35.5. The Morgan fingerprint density at radius 2 is 2.10 bits per heavy atom. The van der Waals surface area contributed by atoms with E-state index in [1.165, 1.54) is 36.1 Å². The van der Waals surface area contributed by atoms with E-state index in [9.17, 15) is 13.2 Å². The molecule has 0 amide bonds. The lowest BCUT2D eigenvalue weighted by atomic mass is 10.2. The molecule has 1 aromatic carbocycles. The minimum absolute atomic E-state index is 0.0287. The molecule has 7 nitrogen and oxygen atoms in total. The van der Waals surface area contributed by atoms with Crippen molar-refractivity contribution in [1.29, 1.82) is 0 Å². The molecule has 9 heteroatoms. The molecule has 0 radical (unpaired) electrons. The number of nitrogens with one attached hydrogen (secondary N) is 1. The molecule has 0 saturated heterocycles. The Kier molecular flexibility index (Phi) is 3.69. The number of sulfonamides is 1. The van der Waals surface area contributed by atoms with Crippen LogP contribution in [0.25, 0.3) is 0 Å². The van der Waals surface area contributed by atoms with Crippen LogP contribution in [0.4, 0.5) is 5.69 Å². The van der Waals surface area contributed by atoms with Crippen LogP contribution in [0.1, 0.15) is 10.4 Å². The molecule has 1 heterocycles. The average Bonchev–Trinajstić information content (AvgIpc) is 2.78. The Balaban J connectivity index is 2.38. The van der Waals surface area contributed by atoms with Gasteiger partial charge in [-0.1, -0.05) is 11.6 Å². The monoisotopic (exact) mass is 315 g/mol. The number of nitrogens with zero attached hydrogens (tertiary/aromatic N) is 2. The van der Waals surface area contributed by atoms with E-state index in [0.717, 1.165) is 6.07 Å². The van der Waals surface area contributed by atoms with E-state index in [0.29, 0.717) is 0 Å². The van der Waals surface area contributed by atoms with Crippen molar-refractivity contribution in [2.45, 2.75) is 5.03 Å². The fourth-order valence-corrected chi connectivity index (χ4v) is 2.96. The van der Waals surface area contributed by atoms with Crippen molar-refractivity contribution in [3.05, 3.63) is 41.0 Å². The van der Waals surface area contributed by atoms with E-state index >= 15 is 0 Å². The lowest BCUT2D eigenvalue weighted by Crippen LogP contribution is -2.17. The van der Waals surface area contributed by atoms with Crippen molar-refractivity contribution in [3.63, 3.8) is 0 Å². The number of benzene rings is 1. The van der Waals surface area contributed by atoms with Crippen LogP contribution in [0.3, 0.4) is 0 Å². The van der Waals surface area contributed by atoms with Gasteiger partial charge in [0.25, 0.3) is 10.0 Å². The summed E-state index contributed by atoms with van der Waals surface area (Å²) in [6, 6.07) is 5.17. The van der Waals surface area contributed by atoms with E-state index in [1.54, 1.807) is 0 Å². The molecule has 0 unspecified atom stereocenters. The van der Waals surface area contributed by atoms with Gasteiger partial charge in [-0.25, -0.2) is 4.79 Å². The number of hydrogen-bond donors (Lipinski definition) is 2. The lowest BCUT2D eigenvalue weighted by molar-refractivity contribution is 0.0697. The summed E-state index contributed by atoms with van der Waals surface area (Å²) in [4.78, 5) is 10.9. The molecule has 0 saturated carbocycles. The van der Waals surface area contributed by atoms with Crippen LogP contribution in [0.2, 0.25) is 5.02 Å². The predicted octanol–water partition coefficient (Wildman–Crippen LogP) is 1.57. The first kappa shape index (κ1) is 14.4. The third kappa shape index (κ3) is 2.75. The minimum Gasteiger partial charge on any atom is -0.478 e. The number of aryl methyl sites for hydroxylation is 1. The third-order valence-corrected chi connectivity index (χ3v) is 4.29. The number of carboxylic acids is 1. The van der Waals surface area contributed by atoms with Gasteiger partial charge < -0.3 is 5.11 Å². The summed E-state index contributed by atoms with van der Waals surface area (Å²) >= 11 is 5.72. The number of halogens is 1. The summed E-state index contributed by atoms with van der Waals surface area (Å²) in [6.07, 6.45) is 1.35. The summed E-state index contributed by atoms with van der Waals surface area (Å²) in [5.74, 6) is -1.24. The van der Waals surface area contributed by atoms with Crippen molar-refractivity contribution in [1.82, 2.24) is 9.78 Å². The molecule has 0 atom stereocenters. The van der Waals surface area contributed by atoms with Gasteiger partial charge >= 0.3 is 5.97 Å². The maximum absolute atomic E-state index is 12.1. The highest BCUT2D eigenvalue weighted by Crippen LogP contribution is 2.22. The molecular formula is C11H10ClN3O4S. The minimum atomic E-state index is -3.84. The first-order chi connectivity index (χ1) is 9.31. The molecule has 0 bridgehead atoms. The fourth-order valence-electron chi connectivity index (χ4n) is 1.59. The summed E-state index contributed by atoms with van der Waals surface area (Å²) < 4.78 is 27.7. The molecule has 0 aliphatic heterocycles. The zero-order valence-electron chi connectivity index (χ0n) is 10.2. The highest BCUT2D eigenvalue weighted by Gasteiger charge is 2.19. The highest BCUT2D eigenvalue weighted by molar-refractivity contribution is 7.92. The third-order valence-electron chi connectivity index (χ3n) is 2.50. The second-order valence-electron chi connectivity index (χ2n) is 3.90. The number of hydrogen-bond acceptors (Lipinski definition) is 4. The van der Waals surface area contributed by atoms with Crippen LogP contribution in [-0.4, -0.2) is 29.3 Å². The molecule has 0 aliphatic rings. The van der Waals surface area contributed by atoms with Crippen LogP contribution in [-0.2, 0) is 17.1 Å². The number of aromatic nitrogens is 2. The van der Waals surface area contributed by atoms with Crippen molar-refractivity contribution >= 4 is 33.3 Å². The Bertz CT molecular complexity index is 770. The SMILES string of the molecule is Cn1nccc1S(=O)(=O)Nc1ccc(Cl)c(C(=O)O)c1. The van der Waals surface area contributed by atoms with Crippen molar-refractivity contribution in [3.8, 4) is 0 Å². The van der Waals surface area contributed by atoms with E-state index in [1.807, 2.05) is 0 Å². The van der Waals surface area contributed by atoms with Gasteiger partial charge in [-0.05, 0) is 24.3 Å². The number of rotatable bonds is 4. The first-order valence-electron chi connectivity index (χ1n) is 5.35. The molecule has 0 spiro atoms. The molecule has 20 heavy (non-hydrogen) atoms. The quantitative estimate of drug-likeness (QED) is 0.891. The average molecular weight is 316 g/mol. The maximum Gasteiger partial charge on any atom is 0.337 e. The van der Waals surface area contributed by atoms with Crippen LogP contribution in [0.15, 0.2) is 35.5 Å². The first-order valence-corrected chi connectivity index (χ1v) is 7.21. The lowest BCUT2D eigenvalue weighted by Gasteiger charge is -2.09. The van der Waals surface area contributed by atoms with Gasteiger partial charge in [-0.15, -0.1) is 0 Å². The van der Waals surface area contributed by atoms with Gasteiger partial charge in [0.15, 0.2) is 5.03 Å². The van der Waals surface area contributed by atoms with E-state index in [2.05, 4.69) is 9.82 Å². The Morgan fingerprint density at radius 1 is 1.40 bits per heavy atom. The molecule has 2 aromatic rings. The van der Waals surface area contributed by atoms with Crippen molar-refractivity contribution < 1.29 is 18.3 Å². The van der Waals surface area contributed by atoms with Crippen LogP contribution in [0, 0.1) is 0 Å². The van der Waals surface area contributed by atoms with Gasteiger partial charge in [0.05, 0.1) is 16.8 Å². The maximum atomic E-state index is 12.1. The zero-order valence-corrected chi connectivity index (χ0v) is 11.8. The number of aromatic carboxylic acids is 1.